The Morgan fingerprint density at radius 2 is 1.58 bits per heavy atom. The summed E-state index contributed by atoms with van der Waals surface area (Å²) in [6, 6.07) is -0.504. The standard InChI is InChI=1S/C22H39NO3/c1-20(2,3)17(18(25)21(4,5)6)23-19(26)16(22(14-24)12-13-22)15-10-8-7-9-11-15/h15-17,24H,7-14H2,1-6H3,(H,23,26)/t16-,17-/m1/s1. The number of aliphatic hydroxyl groups is 1. The first-order valence-corrected chi connectivity index (χ1v) is 10.4. The minimum Gasteiger partial charge on any atom is -0.396 e. The Bertz CT molecular complexity index is 516. The molecule has 0 aromatic heterocycles. The minimum absolute atomic E-state index is 0.0130. The lowest BCUT2D eigenvalue weighted by Crippen LogP contribution is -2.56. The van der Waals surface area contributed by atoms with Crippen molar-refractivity contribution in [1.82, 2.24) is 5.32 Å². The van der Waals surface area contributed by atoms with E-state index in [2.05, 4.69) is 5.32 Å². The van der Waals surface area contributed by atoms with E-state index < -0.39 is 11.5 Å². The number of amides is 1. The molecule has 2 atom stereocenters. The number of nitrogens with one attached hydrogen (secondary N) is 1. The van der Waals surface area contributed by atoms with Gasteiger partial charge in [0.2, 0.25) is 5.91 Å². The summed E-state index contributed by atoms with van der Waals surface area (Å²) in [5, 5.41) is 13.1. The molecule has 0 spiro atoms. The van der Waals surface area contributed by atoms with Crippen molar-refractivity contribution in [2.24, 2.45) is 28.1 Å². The van der Waals surface area contributed by atoms with Crippen molar-refractivity contribution < 1.29 is 14.7 Å². The molecule has 2 aliphatic rings. The minimum atomic E-state index is -0.504. The first-order valence-electron chi connectivity index (χ1n) is 10.4. The number of aliphatic hydroxyl groups excluding tert-OH is 1. The molecule has 150 valence electrons. The summed E-state index contributed by atoms with van der Waals surface area (Å²) in [6.45, 7) is 11.8. The molecule has 26 heavy (non-hydrogen) atoms. The predicted octanol–water partition coefficient (Wildman–Crippen LogP) is 4.10. The Hall–Kier alpha value is -0.900. The van der Waals surface area contributed by atoms with Gasteiger partial charge in [0.05, 0.1) is 6.04 Å². The summed E-state index contributed by atoms with van der Waals surface area (Å²) in [5.41, 5.74) is -1.09. The molecule has 1 amide bonds. The lowest BCUT2D eigenvalue weighted by Gasteiger charge is -2.39. The van der Waals surface area contributed by atoms with Gasteiger partial charge in [0.1, 0.15) is 0 Å². The molecular weight excluding hydrogens is 326 g/mol. The monoisotopic (exact) mass is 365 g/mol. The maximum absolute atomic E-state index is 13.4. The van der Waals surface area contributed by atoms with E-state index in [1.54, 1.807) is 0 Å². The molecule has 2 N–H and O–H groups in total. The van der Waals surface area contributed by atoms with Crippen LogP contribution in [0, 0.1) is 28.1 Å². The number of carbonyl (C=O) groups is 2. The smallest absolute Gasteiger partial charge is 0.224 e. The molecule has 0 unspecified atom stereocenters. The highest BCUT2D eigenvalue weighted by molar-refractivity contribution is 5.93. The van der Waals surface area contributed by atoms with E-state index in [0.29, 0.717) is 5.92 Å². The van der Waals surface area contributed by atoms with E-state index in [1.165, 1.54) is 19.3 Å². The van der Waals surface area contributed by atoms with Gasteiger partial charge < -0.3 is 10.4 Å². The van der Waals surface area contributed by atoms with Gasteiger partial charge in [-0.3, -0.25) is 9.59 Å². The van der Waals surface area contributed by atoms with Crippen LogP contribution in [0.1, 0.15) is 86.5 Å². The Labute approximate surface area is 159 Å². The third kappa shape index (κ3) is 4.68. The molecule has 0 aliphatic heterocycles. The van der Waals surface area contributed by atoms with Crippen LogP contribution in [0.15, 0.2) is 0 Å². The van der Waals surface area contributed by atoms with Gasteiger partial charge in [-0.2, -0.15) is 0 Å². The summed E-state index contributed by atoms with van der Waals surface area (Å²) in [4.78, 5) is 26.4. The molecule has 2 rings (SSSR count). The topological polar surface area (TPSA) is 66.4 Å². The van der Waals surface area contributed by atoms with E-state index in [-0.39, 0.29) is 35.0 Å². The molecule has 2 aliphatic carbocycles. The molecular formula is C22H39NO3. The summed E-state index contributed by atoms with van der Waals surface area (Å²) in [5.74, 6) is 0.241. The summed E-state index contributed by atoms with van der Waals surface area (Å²) >= 11 is 0. The zero-order chi connectivity index (χ0) is 19.8. The number of hydrogen-bond acceptors (Lipinski definition) is 3. The molecule has 0 aromatic rings. The number of hydrogen-bond donors (Lipinski definition) is 2. The highest BCUT2D eigenvalue weighted by Gasteiger charge is 2.55. The van der Waals surface area contributed by atoms with E-state index in [1.807, 2.05) is 41.5 Å². The normalized spacial score (nSPS) is 23.2. The lowest BCUT2D eigenvalue weighted by molar-refractivity contribution is -0.139. The van der Waals surface area contributed by atoms with Crippen molar-refractivity contribution in [2.45, 2.75) is 92.5 Å². The summed E-state index contributed by atoms with van der Waals surface area (Å²) in [7, 11) is 0. The zero-order valence-corrected chi connectivity index (χ0v) is 17.7. The quantitative estimate of drug-likeness (QED) is 0.744. The fraction of sp³-hybridized carbons (Fsp3) is 0.909. The third-order valence-corrected chi connectivity index (χ3v) is 6.42. The van der Waals surface area contributed by atoms with Gasteiger partial charge in [-0.25, -0.2) is 0 Å². The second-order valence-corrected chi connectivity index (χ2v) is 10.8. The number of carbonyl (C=O) groups excluding carboxylic acids is 2. The Kier molecular flexibility index (Phi) is 6.27. The van der Waals surface area contributed by atoms with Crippen molar-refractivity contribution in [3.8, 4) is 0 Å². The van der Waals surface area contributed by atoms with Gasteiger partial charge in [0.15, 0.2) is 5.78 Å². The summed E-state index contributed by atoms with van der Waals surface area (Å²) in [6.07, 6.45) is 7.54. The highest BCUT2D eigenvalue weighted by Crippen LogP contribution is 2.56. The van der Waals surface area contributed by atoms with Crippen LogP contribution in [-0.2, 0) is 9.59 Å². The van der Waals surface area contributed by atoms with Gasteiger partial charge in [-0.1, -0.05) is 60.8 Å². The van der Waals surface area contributed by atoms with Gasteiger partial charge in [-0.05, 0) is 37.0 Å². The second kappa shape index (κ2) is 7.61. The number of Topliss-reactive ketones (excluding diaryl/α,β-unsaturated/α-hetero) is 1. The van der Waals surface area contributed by atoms with Crippen LogP contribution < -0.4 is 5.32 Å². The van der Waals surface area contributed by atoms with E-state index >= 15 is 0 Å². The highest BCUT2D eigenvalue weighted by atomic mass is 16.3. The van der Waals surface area contributed by atoms with Crippen LogP contribution in [0.5, 0.6) is 0 Å². The molecule has 2 fully saturated rings. The average Bonchev–Trinajstić information content (AvgIpc) is 3.32. The molecule has 4 nitrogen and oxygen atoms in total. The first-order chi connectivity index (χ1) is 11.9. The van der Waals surface area contributed by atoms with Crippen molar-refractivity contribution in [3.05, 3.63) is 0 Å². The van der Waals surface area contributed by atoms with Gasteiger partial charge in [-0.15, -0.1) is 0 Å². The molecule has 2 saturated carbocycles. The molecule has 0 saturated heterocycles. The predicted molar refractivity (Wildman–Crippen MR) is 105 cm³/mol. The van der Waals surface area contributed by atoms with E-state index in [0.717, 1.165) is 25.7 Å². The van der Waals surface area contributed by atoms with Crippen LogP contribution in [0.3, 0.4) is 0 Å². The maximum Gasteiger partial charge on any atom is 0.224 e. The van der Waals surface area contributed by atoms with Gasteiger partial charge in [0, 0.05) is 23.4 Å². The molecule has 0 heterocycles. The van der Waals surface area contributed by atoms with Gasteiger partial charge in [0.25, 0.3) is 0 Å². The van der Waals surface area contributed by atoms with Crippen molar-refractivity contribution in [3.63, 3.8) is 0 Å². The van der Waals surface area contributed by atoms with Crippen LogP contribution in [0.2, 0.25) is 0 Å². The summed E-state index contributed by atoms with van der Waals surface area (Å²) < 4.78 is 0. The van der Waals surface area contributed by atoms with Crippen LogP contribution >= 0.6 is 0 Å². The number of rotatable bonds is 6. The van der Waals surface area contributed by atoms with Crippen molar-refractivity contribution >= 4 is 11.7 Å². The lowest BCUT2D eigenvalue weighted by atomic mass is 9.71. The van der Waals surface area contributed by atoms with Crippen LogP contribution in [0.4, 0.5) is 0 Å². The van der Waals surface area contributed by atoms with Crippen molar-refractivity contribution in [2.75, 3.05) is 6.61 Å². The molecule has 0 radical (unpaired) electrons. The van der Waals surface area contributed by atoms with Crippen LogP contribution in [0.25, 0.3) is 0 Å². The number of ketones is 1. The largest absolute Gasteiger partial charge is 0.396 e. The Balaban J connectivity index is 2.25. The fourth-order valence-corrected chi connectivity index (χ4v) is 4.53. The molecule has 0 bridgehead atoms. The molecule has 4 heteroatoms. The van der Waals surface area contributed by atoms with Crippen LogP contribution in [-0.4, -0.2) is 29.4 Å². The zero-order valence-electron chi connectivity index (χ0n) is 17.7. The van der Waals surface area contributed by atoms with E-state index in [4.69, 9.17) is 0 Å². The fourth-order valence-electron chi connectivity index (χ4n) is 4.53. The maximum atomic E-state index is 13.4. The van der Waals surface area contributed by atoms with Crippen molar-refractivity contribution in [1.29, 1.82) is 0 Å². The van der Waals surface area contributed by atoms with Gasteiger partial charge >= 0.3 is 0 Å². The Morgan fingerprint density at radius 1 is 1.04 bits per heavy atom. The Morgan fingerprint density at radius 3 is 1.96 bits per heavy atom. The molecule has 0 aromatic carbocycles. The SMILES string of the molecule is CC(C)(C)C(=O)[C@@H](NC(=O)[C@@H](C1CCCCC1)C1(CO)CC1)C(C)(C)C. The second-order valence-electron chi connectivity index (χ2n) is 10.8. The third-order valence-electron chi connectivity index (χ3n) is 6.42. The first kappa shape index (κ1) is 21.4. The average molecular weight is 366 g/mol. The van der Waals surface area contributed by atoms with E-state index in [9.17, 15) is 14.7 Å².